The second kappa shape index (κ2) is 5.35. The number of hydrogen-bond acceptors (Lipinski definition) is 4. The number of anilines is 1. The van der Waals surface area contributed by atoms with Crippen molar-refractivity contribution in [1.29, 1.82) is 0 Å². The molecule has 5 heteroatoms. The first-order valence-corrected chi connectivity index (χ1v) is 7.46. The molecule has 3 unspecified atom stereocenters. The number of para-hydroxylation sites is 1. The molecule has 2 aliphatic rings. The van der Waals surface area contributed by atoms with E-state index < -0.39 is 0 Å². The predicted octanol–water partition coefficient (Wildman–Crippen LogP) is 1.52. The summed E-state index contributed by atoms with van der Waals surface area (Å²) in [6, 6.07) is 9.96. The molecule has 0 radical (unpaired) electrons. The summed E-state index contributed by atoms with van der Waals surface area (Å²) >= 11 is 1.67. The lowest BCUT2D eigenvalue weighted by atomic mass is 10.1. The summed E-state index contributed by atoms with van der Waals surface area (Å²) in [7, 11) is 1.85. The molecule has 1 saturated heterocycles. The molecular formula is C14H17N3OS. The van der Waals surface area contributed by atoms with Crippen LogP contribution in [0.1, 0.15) is 6.42 Å². The minimum Gasteiger partial charge on any atom is -0.311 e. The normalized spacial score (nSPS) is 30.3. The van der Waals surface area contributed by atoms with Crippen molar-refractivity contribution in [2.24, 2.45) is 4.99 Å². The molecule has 3 rings (SSSR count). The van der Waals surface area contributed by atoms with E-state index in [2.05, 4.69) is 10.3 Å². The maximum absolute atomic E-state index is 12.7. The number of carbonyl (C=O) groups excluding carboxylic acids is 1. The fourth-order valence-corrected chi connectivity index (χ4v) is 3.90. The van der Waals surface area contributed by atoms with Crippen molar-refractivity contribution < 1.29 is 4.79 Å². The molecule has 2 heterocycles. The lowest BCUT2D eigenvalue weighted by Gasteiger charge is -2.26. The summed E-state index contributed by atoms with van der Waals surface area (Å²) in [5.41, 5.74) is 2.87. The Morgan fingerprint density at radius 3 is 2.89 bits per heavy atom. The number of fused-ring (bicyclic) bond motifs is 1. The third kappa shape index (κ3) is 2.28. The van der Waals surface area contributed by atoms with Gasteiger partial charge in [-0.05, 0) is 25.6 Å². The van der Waals surface area contributed by atoms with Crippen LogP contribution in [0.25, 0.3) is 0 Å². The zero-order valence-electron chi connectivity index (χ0n) is 10.8. The molecule has 1 amide bonds. The van der Waals surface area contributed by atoms with Crippen LogP contribution in [0.5, 0.6) is 0 Å². The van der Waals surface area contributed by atoms with Crippen LogP contribution in [0.4, 0.5) is 5.69 Å². The fourth-order valence-electron chi connectivity index (χ4n) is 2.73. The fraction of sp³-hybridized carbons (Fsp3) is 0.429. The topological polar surface area (TPSA) is 44.7 Å². The van der Waals surface area contributed by atoms with Crippen molar-refractivity contribution in [3.63, 3.8) is 0 Å². The molecule has 1 N–H and O–H groups in total. The molecule has 0 spiro atoms. The van der Waals surface area contributed by atoms with Gasteiger partial charge in [-0.3, -0.25) is 9.79 Å². The highest BCUT2D eigenvalue weighted by atomic mass is 32.2. The van der Waals surface area contributed by atoms with E-state index in [1.165, 1.54) is 0 Å². The van der Waals surface area contributed by atoms with Crippen LogP contribution in [0.2, 0.25) is 0 Å². The number of nitrogens with zero attached hydrogens (tertiary/aromatic N) is 2. The van der Waals surface area contributed by atoms with E-state index in [0.717, 1.165) is 18.7 Å². The second-order valence-corrected chi connectivity index (χ2v) is 5.83. The Kier molecular flexibility index (Phi) is 3.57. The maximum atomic E-state index is 12.7. The van der Waals surface area contributed by atoms with Crippen LogP contribution in [0, 0.1) is 0 Å². The zero-order valence-corrected chi connectivity index (χ0v) is 11.6. The number of nitrogens with one attached hydrogen (secondary N) is 1. The van der Waals surface area contributed by atoms with Gasteiger partial charge >= 0.3 is 0 Å². The molecule has 1 aromatic rings. The summed E-state index contributed by atoms with van der Waals surface area (Å²) in [6.45, 7) is 0.736. The van der Waals surface area contributed by atoms with E-state index >= 15 is 0 Å². The minimum absolute atomic E-state index is 0.152. The Morgan fingerprint density at radius 1 is 1.37 bits per heavy atom. The molecule has 0 aromatic heterocycles. The van der Waals surface area contributed by atoms with Gasteiger partial charge in [0, 0.05) is 12.2 Å². The van der Waals surface area contributed by atoms with Gasteiger partial charge < -0.3 is 10.2 Å². The number of hydrogen-bond donors (Lipinski definition) is 1. The minimum atomic E-state index is -0.166. The molecule has 2 aliphatic heterocycles. The molecule has 19 heavy (non-hydrogen) atoms. The highest BCUT2D eigenvalue weighted by Crippen LogP contribution is 2.32. The first-order valence-electron chi connectivity index (χ1n) is 6.52. The Labute approximate surface area is 117 Å². The van der Waals surface area contributed by atoms with Crippen molar-refractivity contribution >= 4 is 28.9 Å². The average molecular weight is 275 g/mol. The van der Waals surface area contributed by atoms with Gasteiger partial charge in [0.15, 0.2) is 0 Å². The van der Waals surface area contributed by atoms with Crippen LogP contribution < -0.4 is 10.2 Å². The van der Waals surface area contributed by atoms with E-state index in [4.69, 9.17) is 0 Å². The van der Waals surface area contributed by atoms with Gasteiger partial charge in [-0.1, -0.05) is 18.2 Å². The van der Waals surface area contributed by atoms with Gasteiger partial charge in [-0.2, -0.15) is 0 Å². The number of likely N-dealkylation sites (N-methyl/N-ethyl adjacent to an activating group) is 1. The van der Waals surface area contributed by atoms with Crippen LogP contribution in [-0.2, 0) is 4.79 Å². The molecule has 4 nitrogen and oxygen atoms in total. The highest BCUT2D eigenvalue weighted by Gasteiger charge is 2.41. The van der Waals surface area contributed by atoms with Crippen LogP contribution in [0.15, 0.2) is 35.3 Å². The predicted molar refractivity (Wildman–Crippen MR) is 79.9 cm³/mol. The molecule has 1 aromatic carbocycles. The number of thioether (sulfide) groups is 1. The Bertz CT molecular complexity index is 491. The highest BCUT2D eigenvalue weighted by molar-refractivity contribution is 8.13. The summed E-state index contributed by atoms with van der Waals surface area (Å²) in [5.74, 6) is 0.152. The number of aliphatic imine (C=N–C) groups is 1. The summed E-state index contributed by atoms with van der Waals surface area (Å²) in [6.07, 6.45) is 0.924. The summed E-state index contributed by atoms with van der Waals surface area (Å²) < 4.78 is 0. The molecule has 100 valence electrons. The third-order valence-electron chi connectivity index (χ3n) is 3.74. The maximum Gasteiger partial charge on any atom is 0.245 e. The first-order chi connectivity index (χ1) is 9.31. The van der Waals surface area contributed by atoms with Gasteiger partial charge in [-0.25, -0.2) is 0 Å². The largest absolute Gasteiger partial charge is 0.311 e. The van der Waals surface area contributed by atoms with Crippen molar-refractivity contribution in [3.05, 3.63) is 30.3 Å². The molecule has 0 aliphatic carbocycles. The number of benzene rings is 1. The zero-order chi connectivity index (χ0) is 13.2. The monoisotopic (exact) mass is 275 g/mol. The van der Waals surface area contributed by atoms with Crippen LogP contribution >= 0.6 is 11.8 Å². The molecule has 1 fully saturated rings. The van der Waals surface area contributed by atoms with Crippen molar-refractivity contribution in [1.82, 2.24) is 5.32 Å². The van der Waals surface area contributed by atoms with Gasteiger partial charge in [0.05, 0.1) is 16.8 Å². The standard InChI is InChI=1S/C14H17N3OS/c1-15-12-13-11(16-9-19-13)7-8-17(14(12)18)10-5-3-2-4-6-10/h2-6,9,11-13,15H,7-8H2,1H3. The number of amides is 1. The molecule has 0 bridgehead atoms. The molecular weight excluding hydrogens is 258 g/mol. The van der Waals surface area contributed by atoms with Crippen LogP contribution in [0.3, 0.4) is 0 Å². The summed E-state index contributed by atoms with van der Waals surface area (Å²) in [5, 5.41) is 3.40. The van der Waals surface area contributed by atoms with E-state index in [9.17, 15) is 4.79 Å². The van der Waals surface area contributed by atoms with Gasteiger partial charge in [0.25, 0.3) is 0 Å². The quantitative estimate of drug-likeness (QED) is 0.890. The van der Waals surface area contributed by atoms with Crippen LogP contribution in [-0.4, -0.2) is 42.4 Å². The molecule has 3 atom stereocenters. The van der Waals surface area contributed by atoms with E-state index in [0.29, 0.717) is 0 Å². The average Bonchev–Trinajstić information content (AvgIpc) is 2.85. The van der Waals surface area contributed by atoms with E-state index in [-0.39, 0.29) is 23.2 Å². The van der Waals surface area contributed by atoms with Gasteiger partial charge in [0.2, 0.25) is 5.91 Å². The van der Waals surface area contributed by atoms with Gasteiger partial charge in [-0.15, -0.1) is 11.8 Å². The van der Waals surface area contributed by atoms with E-state index in [1.54, 1.807) is 11.8 Å². The lowest BCUT2D eigenvalue weighted by Crippen LogP contribution is -2.50. The van der Waals surface area contributed by atoms with Crippen molar-refractivity contribution in [2.45, 2.75) is 23.8 Å². The van der Waals surface area contributed by atoms with Crippen molar-refractivity contribution in [2.75, 3.05) is 18.5 Å². The van der Waals surface area contributed by atoms with E-state index in [1.807, 2.05) is 47.8 Å². The second-order valence-electron chi connectivity index (χ2n) is 4.80. The smallest absolute Gasteiger partial charge is 0.245 e. The Balaban J connectivity index is 1.91. The lowest BCUT2D eigenvalue weighted by molar-refractivity contribution is -0.120. The molecule has 0 saturated carbocycles. The van der Waals surface area contributed by atoms with Crippen molar-refractivity contribution in [3.8, 4) is 0 Å². The Morgan fingerprint density at radius 2 is 2.16 bits per heavy atom. The summed E-state index contributed by atoms with van der Waals surface area (Å²) in [4.78, 5) is 19.1. The van der Waals surface area contributed by atoms with Gasteiger partial charge in [0.1, 0.15) is 6.04 Å². The SMILES string of the molecule is CNC1C(=O)N(c2ccccc2)CCC2N=CSC21. The number of rotatable bonds is 2. The third-order valence-corrected chi connectivity index (χ3v) is 4.88. The number of carbonyl (C=O) groups is 1. The first kappa shape index (κ1) is 12.7. The Hall–Kier alpha value is -1.33.